The molecule has 0 aliphatic heterocycles. The van der Waals surface area contributed by atoms with Crippen molar-refractivity contribution in [1.29, 1.82) is 0 Å². The summed E-state index contributed by atoms with van der Waals surface area (Å²) in [5.41, 5.74) is 0.677. The Morgan fingerprint density at radius 2 is 2.00 bits per heavy atom. The first-order chi connectivity index (χ1) is 7.59. The van der Waals surface area contributed by atoms with Gasteiger partial charge in [-0.05, 0) is 35.0 Å². The van der Waals surface area contributed by atoms with Crippen LogP contribution in [-0.4, -0.2) is 0 Å². The Balaban J connectivity index is 2.39. The van der Waals surface area contributed by atoms with Crippen LogP contribution in [0.5, 0.6) is 0 Å². The number of hydrogen-bond acceptors (Lipinski definition) is 1. The van der Waals surface area contributed by atoms with Gasteiger partial charge in [-0.3, -0.25) is 0 Å². The summed E-state index contributed by atoms with van der Waals surface area (Å²) in [7, 11) is 0. The fourth-order valence-corrected chi connectivity index (χ4v) is 3.78. The third kappa shape index (κ3) is 2.39. The first-order valence-electron chi connectivity index (χ1n) is 4.74. The number of hydrogen-bond donors (Lipinski definition) is 0. The number of benzene rings is 1. The van der Waals surface area contributed by atoms with Crippen molar-refractivity contribution in [3.05, 3.63) is 55.9 Å². The van der Waals surface area contributed by atoms with Crippen molar-refractivity contribution in [2.75, 3.05) is 0 Å². The van der Waals surface area contributed by atoms with Crippen molar-refractivity contribution < 1.29 is 4.39 Å². The summed E-state index contributed by atoms with van der Waals surface area (Å²) < 4.78 is 14.7. The van der Waals surface area contributed by atoms with Gasteiger partial charge in [-0.2, -0.15) is 0 Å². The van der Waals surface area contributed by atoms with Crippen molar-refractivity contribution in [2.45, 2.75) is 11.8 Å². The smallest absolute Gasteiger partial charge is 0.127 e. The summed E-state index contributed by atoms with van der Waals surface area (Å²) in [5, 5.41) is 0. The minimum Gasteiger partial charge on any atom is -0.207 e. The predicted molar refractivity (Wildman–Crippen MR) is 73.9 cm³/mol. The monoisotopic (exact) mass is 362 g/mol. The molecule has 0 amide bonds. The van der Waals surface area contributed by atoms with Gasteiger partial charge in [0.25, 0.3) is 0 Å². The Bertz CT molecular complexity index is 488. The Morgan fingerprint density at radius 3 is 2.56 bits per heavy atom. The molecule has 16 heavy (non-hydrogen) atoms. The lowest BCUT2D eigenvalue weighted by Crippen LogP contribution is -1.93. The molecule has 1 aromatic heterocycles. The van der Waals surface area contributed by atoms with Crippen LogP contribution in [0.15, 0.2) is 34.8 Å². The van der Waals surface area contributed by atoms with E-state index in [1.165, 1.54) is 10.9 Å². The van der Waals surface area contributed by atoms with Gasteiger partial charge >= 0.3 is 0 Å². The zero-order valence-electron chi connectivity index (χ0n) is 8.51. The highest BCUT2D eigenvalue weighted by Crippen LogP contribution is 2.39. The van der Waals surface area contributed by atoms with Gasteiger partial charge < -0.3 is 0 Å². The van der Waals surface area contributed by atoms with E-state index in [9.17, 15) is 4.39 Å². The molecular formula is C12H9Br2FS. The number of rotatable bonds is 2. The van der Waals surface area contributed by atoms with Crippen LogP contribution in [-0.2, 0) is 0 Å². The third-order valence-electron chi connectivity index (χ3n) is 2.30. The highest BCUT2D eigenvalue weighted by Gasteiger charge is 2.17. The second-order valence-corrected chi connectivity index (χ2v) is 6.49. The van der Waals surface area contributed by atoms with Crippen molar-refractivity contribution in [3.8, 4) is 0 Å². The largest absolute Gasteiger partial charge is 0.207 e. The Morgan fingerprint density at radius 1 is 1.31 bits per heavy atom. The highest BCUT2D eigenvalue weighted by atomic mass is 79.9. The third-order valence-corrected chi connectivity index (χ3v) is 5.80. The minimum absolute atomic E-state index is 0.0799. The second kappa shape index (κ2) is 4.98. The maximum atomic E-state index is 13.6. The van der Waals surface area contributed by atoms with Crippen molar-refractivity contribution in [3.63, 3.8) is 0 Å². The van der Waals surface area contributed by atoms with E-state index in [2.05, 4.69) is 31.9 Å². The number of aryl methyl sites for hydroxylation is 1. The molecule has 0 bridgehead atoms. The maximum Gasteiger partial charge on any atom is 0.127 e. The molecule has 1 atom stereocenters. The predicted octanol–water partition coefficient (Wildman–Crippen LogP) is 5.44. The van der Waals surface area contributed by atoms with Crippen molar-refractivity contribution >= 4 is 43.2 Å². The molecule has 0 aliphatic rings. The first-order valence-corrected chi connectivity index (χ1v) is 7.26. The van der Waals surface area contributed by atoms with Gasteiger partial charge in [-0.1, -0.05) is 34.1 Å². The van der Waals surface area contributed by atoms with E-state index in [0.717, 1.165) is 9.35 Å². The molecule has 0 saturated carbocycles. The van der Waals surface area contributed by atoms with Crippen LogP contribution in [0.3, 0.4) is 0 Å². The molecule has 0 spiro atoms. The summed E-state index contributed by atoms with van der Waals surface area (Å²) >= 11 is 8.68. The van der Waals surface area contributed by atoms with E-state index in [-0.39, 0.29) is 10.6 Å². The molecule has 0 saturated heterocycles. The molecule has 0 fully saturated rings. The highest BCUT2D eigenvalue weighted by molar-refractivity contribution is 9.10. The van der Waals surface area contributed by atoms with E-state index < -0.39 is 0 Å². The normalized spacial score (nSPS) is 12.8. The minimum atomic E-state index is -0.174. The molecule has 1 aromatic carbocycles. The molecule has 1 unspecified atom stereocenters. The summed E-state index contributed by atoms with van der Waals surface area (Å²) in [4.78, 5) is 2.23. The molecule has 0 aliphatic carbocycles. The summed E-state index contributed by atoms with van der Waals surface area (Å²) in [6.07, 6.45) is 0. The molecular weight excluding hydrogens is 355 g/mol. The number of halogens is 3. The van der Waals surface area contributed by atoms with E-state index in [0.29, 0.717) is 5.56 Å². The van der Waals surface area contributed by atoms with E-state index in [4.69, 9.17) is 0 Å². The van der Waals surface area contributed by atoms with Gasteiger partial charge in [0.15, 0.2) is 0 Å². The lowest BCUT2D eigenvalue weighted by atomic mass is 10.1. The molecule has 84 valence electrons. The molecule has 0 N–H and O–H groups in total. The first kappa shape index (κ1) is 12.3. The van der Waals surface area contributed by atoms with Gasteiger partial charge in [0.2, 0.25) is 0 Å². The van der Waals surface area contributed by atoms with E-state index in [1.807, 2.05) is 19.1 Å². The van der Waals surface area contributed by atoms with Gasteiger partial charge in [-0.15, -0.1) is 11.3 Å². The van der Waals surface area contributed by atoms with Gasteiger partial charge in [-0.25, -0.2) is 4.39 Å². The lowest BCUT2D eigenvalue weighted by molar-refractivity contribution is 0.614. The van der Waals surface area contributed by atoms with Crippen molar-refractivity contribution in [2.24, 2.45) is 0 Å². The average molecular weight is 364 g/mol. The second-order valence-electron chi connectivity index (χ2n) is 3.44. The molecule has 0 radical (unpaired) electrons. The molecule has 1 heterocycles. The quantitative estimate of drug-likeness (QED) is 0.623. The van der Waals surface area contributed by atoms with Crippen LogP contribution in [0.4, 0.5) is 4.39 Å². The van der Waals surface area contributed by atoms with Gasteiger partial charge in [0.05, 0.1) is 4.83 Å². The van der Waals surface area contributed by atoms with Gasteiger partial charge in [0.1, 0.15) is 5.82 Å². The zero-order valence-corrected chi connectivity index (χ0v) is 12.5. The summed E-state index contributed by atoms with van der Waals surface area (Å²) in [5.74, 6) is -0.174. The standard InChI is InChI=1S/C12H9Br2FS/c1-7-9(13)6-11(16-7)12(14)8-4-2-3-5-10(8)15/h2-6,12H,1H3. The van der Waals surface area contributed by atoms with Crippen LogP contribution in [0, 0.1) is 12.7 Å². The Kier molecular flexibility index (Phi) is 3.82. The van der Waals surface area contributed by atoms with Crippen molar-refractivity contribution in [1.82, 2.24) is 0 Å². The molecule has 4 heteroatoms. The number of alkyl halides is 1. The summed E-state index contributed by atoms with van der Waals surface area (Å²) in [6.45, 7) is 2.04. The van der Waals surface area contributed by atoms with Gasteiger partial charge in [0, 0.05) is 19.8 Å². The summed E-state index contributed by atoms with van der Waals surface area (Å²) in [6, 6.07) is 8.87. The van der Waals surface area contributed by atoms with Crippen LogP contribution >= 0.6 is 43.2 Å². The Labute approximate surface area is 115 Å². The van der Waals surface area contributed by atoms with Crippen LogP contribution in [0.25, 0.3) is 0 Å². The average Bonchev–Trinajstić information content (AvgIpc) is 2.59. The fraction of sp³-hybridized carbons (Fsp3) is 0.167. The van der Waals surface area contributed by atoms with Crippen LogP contribution in [0.1, 0.15) is 20.1 Å². The van der Waals surface area contributed by atoms with E-state index in [1.54, 1.807) is 23.5 Å². The fourth-order valence-electron chi connectivity index (χ4n) is 1.44. The van der Waals surface area contributed by atoms with E-state index >= 15 is 0 Å². The van der Waals surface area contributed by atoms with Crippen LogP contribution in [0.2, 0.25) is 0 Å². The van der Waals surface area contributed by atoms with Crippen LogP contribution < -0.4 is 0 Å². The SMILES string of the molecule is Cc1sc(C(Br)c2ccccc2F)cc1Br. The molecule has 2 rings (SSSR count). The lowest BCUT2D eigenvalue weighted by Gasteiger charge is -2.08. The molecule has 2 aromatic rings. The molecule has 0 nitrogen and oxygen atoms in total. The Hall–Kier alpha value is -0.190. The zero-order chi connectivity index (χ0) is 11.7. The number of thiophene rings is 1. The topological polar surface area (TPSA) is 0 Å². The maximum absolute atomic E-state index is 13.6.